The summed E-state index contributed by atoms with van der Waals surface area (Å²) in [4.78, 5) is 12.4. The number of hydrogen-bond acceptors (Lipinski definition) is 2. The molecule has 0 bridgehead atoms. The van der Waals surface area contributed by atoms with Gasteiger partial charge in [0.1, 0.15) is 0 Å². The molecule has 1 amide bonds. The minimum atomic E-state index is -0.0852. The van der Waals surface area contributed by atoms with Gasteiger partial charge in [-0.1, -0.05) is 43.7 Å². The van der Waals surface area contributed by atoms with Crippen LogP contribution in [0.5, 0.6) is 0 Å². The van der Waals surface area contributed by atoms with E-state index in [1.807, 2.05) is 30.3 Å². The second kappa shape index (κ2) is 7.27. The first kappa shape index (κ1) is 15.6. The molecule has 1 unspecified atom stereocenters. The first-order valence-electron chi connectivity index (χ1n) is 7.02. The lowest BCUT2D eigenvalue weighted by Gasteiger charge is -2.19. The van der Waals surface area contributed by atoms with Crippen molar-refractivity contribution in [2.75, 3.05) is 5.73 Å². The van der Waals surface area contributed by atoms with Gasteiger partial charge in [0.15, 0.2) is 0 Å². The minimum absolute atomic E-state index is 0.0278. The molecule has 0 fully saturated rings. The first-order chi connectivity index (χ1) is 10.1. The number of anilines is 1. The van der Waals surface area contributed by atoms with E-state index in [9.17, 15) is 4.79 Å². The Morgan fingerprint density at radius 1 is 1.24 bits per heavy atom. The van der Waals surface area contributed by atoms with Crippen LogP contribution in [0.15, 0.2) is 53.0 Å². The van der Waals surface area contributed by atoms with Crippen LogP contribution in [0.1, 0.15) is 41.7 Å². The van der Waals surface area contributed by atoms with Crippen LogP contribution in [-0.4, -0.2) is 5.91 Å². The highest BCUT2D eigenvalue weighted by atomic mass is 79.9. The van der Waals surface area contributed by atoms with Crippen LogP contribution in [0, 0.1) is 0 Å². The van der Waals surface area contributed by atoms with Gasteiger partial charge in [-0.3, -0.25) is 4.79 Å². The third kappa shape index (κ3) is 4.08. The Morgan fingerprint density at radius 2 is 1.95 bits per heavy atom. The van der Waals surface area contributed by atoms with Crippen molar-refractivity contribution < 1.29 is 4.79 Å². The van der Waals surface area contributed by atoms with Gasteiger partial charge in [0.2, 0.25) is 0 Å². The minimum Gasteiger partial charge on any atom is -0.398 e. The van der Waals surface area contributed by atoms with Crippen molar-refractivity contribution in [3.8, 4) is 0 Å². The molecule has 4 heteroatoms. The molecule has 0 radical (unpaired) electrons. The van der Waals surface area contributed by atoms with Gasteiger partial charge < -0.3 is 11.1 Å². The summed E-state index contributed by atoms with van der Waals surface area (Å²) in [6.45, 7) is 2.11. The van der Waals surface area contributed by atoms with E-state index in [1.165, 1.54) is 0 Å². The Balaban J connectivity index is 2.16. The molecule has 0 heterocycles. The highest BCUT2D eigenvalue weighted by Gasteiger charge is 2.15. The van der Waals surface area contributed by atoms with Gasteiger partial charge in [-0.2, -0.15) is 0 Å². The number of rotatable bonds is 5. The number of halogens is 1. The average molecular weight is 347 g/mol. The highest BCUT2D eigenvalue weighted by molar-refractivity contribution is 9.10. The largest absolute Gasteiger partial charge is 0.398 e. The van der Waals surface area contributed by atoms with Crippen LogP contribution < -0.4 is 11.1 Å². The second-order valence-electron chi connectivity index (χ2n) is 4.96. The zero-order valence-electron chi connectivity index (χ0n) is 12.0. The Hall–Kier alpha value is -1.81. The third-order valence-corrected chi connectivity index (χ3v) is 4.03. The fraction of sp³-hybridized carbons (Fsp3) is 0.235. The lowest BCUT2D eigenvalue weighted by Crippen LogP contribution is -2.28. The highest BCUT2D eigenvalue weighted by Crippen LogP contribution is 2.22. The number of amides is 1. The third-order valence-electron chi connectivity index (χ3n) is 3.35. The maximum Gasteiger partial charge on any atom is 0.251 e. The average Bonchev–Trinajstić information content (AvgIpc) is 2.50. The Kier molecular flexibility index (Phi) is 5.39. The summed E-state index contributed by atoms with van der Waals surface area (Å²) in [7, 11) is 0. The quantitative estimate of drug-likeness (QED) is 0.792. The van der Waals surface area contributed by atoms with Crippen molar-refractivity contribution in [3.63, 3.8) is 0 Å². The van der Waals surface area contributed by atoms with Gasteiger partial charge in [-0.25, -0.2) is 0 Å². The molecule has 1 atom stereocenters. The van der Waals surface area contributed by atoms with Crippen LogP contribution in [-0.2, 0) is 0 Å². The molecule has 0 spiro atoms. The standard InChI is InChI=1S/C17H19BrN2O/c1-2-6-16(12-7-4-3-5-8-12)20-17(21)13-9-10-15(19)14(18)11-13/h3-5,7-11,16H,2,6,19H2,1H3,(H,20,21). The predicted octanol–water partition coefficient (Wildman–Crippen LogP) is 4.30. The molecule has 0 aromatic heterocycles. The number of benzene rings is 2. The number of nitrogens with two attached hydrogens (primary N) is 1. The lowest BCUT2D eigenvalue weighted by molar-refractivity contribution is 0.0934. The first-order valence-corrected chi connectivity index (χ1v) is 7.82. The fourth-order valence-electron chi connectivity index (χ4n) is 2.21. The van der Waals surface area contributed by atoms with Crippen molar-refractivity contribution in [2.24, 2.45) is 0 Å². The van der Waals surface area contributed by atoms with Gasteiger partial charge in [-0.05, 0) is 46.1 Å². The number of carbonyl (C=O) groups excluding carboxylic acids is 1. The molecular formula is C17H19BrN2O. The molecule has 2 aromatic rings. The van der Waals surface area contributed by atoms with E-state index >= 15 is 0 Å². The van der Waals surface area contributed by atoms with Gasteiger partial charge in [0.05, 0.1) is 6.04 Å². The van der Waals surface area contributed by atoms with E-state index in [4.69, 9.17) is 5.73 Å². The monoisotopic (exact) mass is 346 g/mol. The van der Waals surface area contributed by atoms with E-state index in [0.717, 1.165) is 22.9 Å². The van der Waals surface area contributed by atoms with Crippen LogP contribution in [0.4, 0.5) is 5.69 Å². The molecule has 110 valence electrons. The summed E-state index contributed by atoms with van der Waals surface area (Å²) < 4.78 is 0.738. The molecule has 0 saturated heterocycles. The molecule has 2 aromatic carbocycles. The van der Waals surface area contributed by atoms with Crippen LogP contribution in [0.25, 0.3) is 0 Å². The molecule has 2 rings (SSSR count). The summed E-state index contributed by atoms with van der Waals surface area (Å²) >= 11 is 3.35. The van der Waals surface area contributed by atoms with Crippen molar-refractivity contribution in [3.05, 3.63) is 64.1 Å². The SMILES string of the molecule is CCCC(NC(=O)c1ccc(N)c(Br)c1)c1ccccc1. The summed E-state index contributed by atoms with van der Waals surface area (Å²) in [5.74, 6) is -0.0852. The summed E-state index contributed by atoms with van der Waals surface area (Å²) in [5, 5.41) is 3.10. The van der Waals surface area contributed by atoms with Crippen molar-refractivity contribution in [1.82, 2.24) is 5.32 Å². The zero-order valence-corrected chi connectivity index (χ0v) is 13.6. The Labute approximate surface area is 133 Å². The van der Waals surface area contributed by atoms with Crippen LogP contribution in [0.3, 0.4) is 0 Å². The molecule has 0 saturated carbocycles. The lowest BCUT2D eigenvalue weighted by atomic mass is 10.0. The second-order valence-corrected chi connectivity index (χ2v) is 5.82. The smallest absolute Gasteiger partial charge is 0.251 e. The van der Waals surface area contributed by atoms with Gasteiger partial charge >= 0.3 is 0 Å². The number of carbonyl (C=O) groups is 1. The summed E-state index contributed by atoms with van der Waals surface area (Å²) in [6.07, 6.45) is 1.91. The van der Waals surface area contributed by atoms with Crippen molar-refractivity contribution >= 4 is 27.5 Å². The van der Waals surface area contributed by atoms with Crippen molar-refractivity contribution in [2.45, 2.75) is 25.8 Å². The van der Waals surface area contributed by atoms with E-state index in [-0.39, 0.29) is 11.9 Å². The van der Waals surface area contributed by atoms with Crippen LogP contribution >= 0.6 is 15.9 Å². The molecule has 0 aliphatic carbocycles. The fourth-order valence-corrected chi connectivity index (χ4v) is 2.58. The van der Waals surface area contributed by atoms with E-state index in [1.54, 1.807) is 18.2 Å². The summed E-state index contributed by atoms with van der Waals surface area (Å²) in [6, 6.07) is 15.3. The Bertz CT molecular complexity index is 613. The Morgan fingerprint density at radius 3 is 2.57 bits per heavy atom. The maximum atomic E-state index is 12.4. The maximum absolute atomic E-state index is 12.4. The molecule has 0 aliphatic heterocycles. The number of hydrogen-bond donors (Lipinski definition) is 2. The van der Waals surface area contributed by atoms with E-state index < -0.39 is 0 Å². The number of nitrogen functional groups attached to an aromatic ring is 1. The van der Waals surface area contributed by atoms with E-state index in [2.05, 4.69) is 28.2 Å². The van der Waals surface area contributed by atoms with E-state index in [0.29, 0.717) is 11.3 Å². The topological polar surface area (TPSA) is 55.1 Å². The van der Waals surface area contributed by atoms with Gasteiger partial charge in [0, 0.05) is 15.7 Å². The zero-order chi connectivity index (χ0) is 15.2. The molecule has 21 heavy (non-hydrogen) atoms. The van der Waals surface area contributed by atoms with Gasteiger partial charge in [-0.15, -0.1) is 0 Å². The van der Waals surface area contributed by atoms with Crippen molar-refractivity contribution in [1.29, 1.82) is 0 Å². The number of nitrogens with one attached hydrogen (secondary N) is 1. The molecule has 3 nitrogen and oxygen atoms in total. The predicted molar refractivity (Wildman–Crippen MR) is 90.1 cm³/mol. The normalized spacial score (nSPS) is 11.9. The summed E-state index contributed by atoms with van der Waals surface area (Å²) in [5.41, 5.74) is 8.11. The molecule has 0 aliphatic rings. The van der Waals surface area contributed by atoms with Gasteiger partial charge in [0.25, 0.3) is 5.91 Å². The van der Waals surface area contributed by atoms with Crippen LogP contribution in [0.2, 0.25) is 0 Å². The molecule has 3 N–H and O–H groups in total. The molecular weight excluding hydrogens is 328 g/mol.